The Morgan fingerprint density at radius 3 is 2.50 bits per heavy atom. The van der Waals surface area contributed by atoms with Crippen LogP contribution in [-0.2, 0) is 6.54 Å². The van der Waals surface area contributed by atoms with Gasteiger partial charge in [0, 0.05) is 55.7 Å². The zero-order chi connectivity index (χ0) is 24.2. The second-order valence-corrected chi connectivity index (χ2v) is 9.99. The molecule has 2 aliphatic rings. The summed E-state index contributed by atoms with van der Waals surface area (Å²) in [6.45, 7) is 5.03. The molecule has 2 aromatic carbocycles. The van der Waals surface area contributed by atoms with Gasteiger partial charge in [0.2, 0.25) is 5.95 Å². The number of piperazine rings is 1. The minimum atomic E-state index is -0.130. The molecule has 0 radical (unpaired) electrons. The van der Waals surface area contributed by atoms with Gasteiger partial charge in [-0.1, -0.05) is 12.1 Å². The van der Waals surface area contributed by atoms with Gasteiger partial charge in [-0.15, -0.1) is 0 Å². The van der Waals surface area contributed by atoms with Crippen LogP contribution in [0.5, 0.6) is 0 Å². The molecule has 5 aromatic rings. The number of para-hydroxylation sites is 1. The van der Waals surface area contributed by atoms with Crippen molar-refractivity contribution in [1.29, 1.82) is 0 Å². The Morgan fingerprint density at radius 2 is 1.72 bits per heavy atom. The number of anilines is 3. The number of fused-ring (bicyclic) bond motifs is 4. The van der Waals surface area contributed by atoms with Crippen molar-refractivity contribution >= 4 is 44.9 Å². The first-order valence-corrected chi connectivity index (χ1v) is 12.6. The van der Waals surface area contributed by atoms with E-state index >= 15 is 0 Å². The van der Waals surface area contributed by atoms with E-state index in [1.165, 1.54) is 18.5 Å². The van der Waals surface area contributed by atoms with Crippen LogP contribution in [0.15, 0.2) is 59.5 Å². The van der Waals surface area contributed by atoms with Gasteiger partial charge in [-0.25, -0.2) is 9.97 Å². The fraction of sp³-hybridized carbons (Fsp3) is 0.333. The van der Waals surface area contributed by atoms with Crippen LogP contribution in [0, 0.1) is 5.92 Å². The standard InChI is InChI=1S/C27H28N8O/c1-32-12-14-33(15-13-32)20-10-8-19(9-11-20)29-27-28-16-22-24(31-27)30-25-21-4-2-3-5-23(21)34(17-18-6-7-18)35(25)26(22)36/h2-5,8-11,16,18H,6-7,12-15,17H2,1H3,(H,28,29,31). The van der Waals surface area contributed by atoms with E-state index in [0.29, 0.717) is 28.5 Å². The van der Waals surface area contributed by atoms with Crippen LogP contribution >= 0.6 is 0 Å². The molecule has 9 nitrogen and oxygen atoms in total. The highest BCUT2D eigenvalue weighted by Gasteiger charge is 2.25. The number of aromatic nitrogens is 5. The Kier molecular flexibility index (Phi) is 4.92. The summed E-state index contributed by atoms with van der Waals surface area (Å²) in [4.78, 5) is 32.2. The Labute approximate surface area is 208 Å². The molecule has 7 rings (SSSR count). The van der Waals surface area contributed by atoms with Crippen molar-refractivity contribution in [3.05, 3.63) is 65.1 Å². The van der Waals surface area contributed by atoms with Crippen molar-refractivity contribution in [3.8, 4) is 0 Å². The van der Waals surface area contributed by atoms with Gasteiger partial charge in [-0.2, -0.15) is 9.50 Å². The number of rotatable bonds is 5. The summed E-state index contributed by atoms with van der Waals surface area (Å²) >= 11 is 0. The molecular formula is C27H28N8O. The molecule has 0 spiro atoms. The van der Waals surface area contributed by atoms with Gasteiger partial charge in [0.25, 0.3) is 5.56 Å². The SMILES string of the molecule is CN1CCN(c2ccc(Nc3ncc4c(=O)n5c(nc4n3)c3ccccc3n5CC3CC3)cc2)CC1. The molecule has 0 amide bonds. The predicted molar refractivity (Wildman–Crippen MR) is 142 cm³/mol. The van der Waals surface area contributed by atoms with E-state index in [1.807, 2.05) is 30.3 Å². The van der Waals surface area contributed by atoms with Crippen molar-refractivity contribution < 1.29 is 0 Å². The molecule has 1 aliphatic heterocycles. The topological polar surface area (TPSA) is 83.6 Å². The Morgan fingerprint density at radius 1 is 0.944 bits per heavy atom. The zero-order valence-electron chi connectivity index (χ0n) is 20.3. The summed E-state index contributed by atoms with van der Waals surface area (Å²) in [5.74, 6) is 1.05. The summed E-state index contributed by atoms with van der Waals surface area (Å²) < 4.78 is 3.78. The maximum atomic E-state index is 13.6. The fourth-order valence-electron chi connectivity index (χ4n) is 5.10. The van der Waals surface area contributed by atoms with Crippen LogP contribution in [0.3, 0.4) is 0 Å². The smallest absolute Gasteiger partial charge is 0.283 e. The molecule has 182 valence electrons. The third-order valence-electron chi connectivity index (χ3n) is 7.39. The van der Waals surface area contributed by atoms with Gasteiger partial charge in [0.05, 0.1) is 5.52 Å². The highest BCUT2D eigenvalue weighted by atomic mass is 16.1. The molecule has 4 heterocycles. The molecule has 3 aromatic heterocycles. The average molecular weight is 481 g/mol. The van der Waals surface area contributed by atoms with Crippen LogP contribution in [0.25, 0.3) is 27.6 Å². The van der Waals surface area contributed by atoms with Crippen LogP contribution in [0.1, 0.15) is 12.8 Å². The Hall–Kier alpha value is -3.98. The first-order chi connectivity index (χ1) is 17.6. The van der Waals surface area contributed by atoms with Crippen LogP contribution in [0.2, 0.25) is 0 Å². The third kappa shape index (κ3) is 3.67. The Balaban J connectivity index is 1.23. The highest BCUT2D eigenvalue weighted by molar-refractivity contribution is 5.94. The Bertz CT molecular complexity index is 1640. The van der Waals surface area contributed by atoms with Crippen molar-refractivity contribution in [2.45, 2.75) is 19.4 Å². The van der Waals surface area contributed by atoms with Crippen LogP contribution in [-0.4, -0.2) is 62.3 Å². The van der Waals surface area contributed by atoms with E-state index in [0.717, 1.165) is 49.3 Å². The molecule has 1 saturated heterocycles. The molecule has 2 fully saturated rings. The summed E-state index contributed by atoms with van der Waals surface area (Å²) in [6.07, 6.45) is 4.00. The molecule has 1 N–H and O–H groups in total. The first kappa shape index (κ1) is 21.3. The van der Waals surface area contributed by atoms with Crippen molar-refractivity contribution in [2.24, 2.45) is 5.92 Å². The van der Waals surface area contributed by atoms with Gasteiger partial charge in [0.15, 0.2) is 11.3 Å². The number of nitrogens with zero attached hydrogens (tertiary/aromatic N) is 7. The van der Waals surface area contributed by atoms with E-state index in [2.05, 4.69) is 55.0 Å². The van der Waals surface area contributed by atoms with Crippen molar-refractivity contribution in [3.63, 3.8) is 0 Å². The maximum Gasteiger partial charge on any atom is 0.283 e. The lowest BCUT2D eigenvalue weighted by Crippen LogP contribution is -2.44. The third-order valence-corrected chi connectivity index (χ3v) is 7.39. The summed E-state index contributed by atoms with van der Waals surface area (Å²) in [5, 5.41) is 4.66. The normalized spacial score (nSPS) is 16.9. The first-order valence-electron chi connectivity index (χ1n) is 12.6. The second-order valence-electron chi connectivity index (χ2n) is 9.99. The number of nitrogens with one attached hydrogen (secondary N) is 1. The lowest BCUT2D eigenvalue weighted by Gasteiger charge is -2.34. The van der Waals surface area contributed by atoms with Crippen molar-refractivity contribution in [2.75, 3.05) is 43.4 Å². The molecule has 9 heteroatoms. The quantitative estimate of drug-likeness (QED) is 0.412. The lowest BCUT2D eigenvalue weighted by atomic mass is 10.2. The van der Waals surface area contributed by atoms with Crippen LogP contribution in [0.4, 0.5) is 17.3 Å². The molecule has 1 saturated carbocycles. The molecule has 36 heavy (non-hydrogen) atoms. The summed E-state index contributed by atoms with van der Waals surface area (Å²) in [5.41, 5.74) is 4.05. The van der Waals surface area contributed by atoms with E-state index in [9.17, 15) is 4.79 Å². The molecule has 0 bridgehead atoms. The van der Waals surface area contributed by atoms with E-state index < -0.39 is 0 Å². The molecule has 0 unspecified atom stereocenters. The maximum absolute atomic E-state index is 13.6. The second kappa shape index (κ2) is 8.30. The molecule has 0 atom stereocenters. The zero-order valence-corrected chi connectivity index (χ0v) is 20.3. The number of hydrogen-bond acceptors (Lipinski definition) is 7. The summed E-state index contributed by atoms with van der Waals surface area (Å²) in [7, 11) is 2.16. The van der Waals surface area contributed by atoms with E-state index in [1.54, 1.807) is 10.7 Å². The monoisotopic (exact) mass is 480 g/mol. The number of likely N-dealkylation sites (N-methyl/N-ethyl adjacent to an activating group) is 1. The average Bonchev–Trinajstić information content (AvgIpc) is 3.67. The fourth-order valence-corrected chi connectivity index (χ4v) is 5.10. The minimum absolute atomic E-state index is 0.130. The molecule has 1 aliphatic carbocycles. The van der Waals surface area contributed by atoms with Crippen LogP contribution < -0.4 is 15.8 Å². The lowest BCUT2D eigenvalue weighted by molar-refractivity contribution is 0.313. The number of benzene rings is 2. The predicted octanol–water partition coefficient (Wildman–Crippen LogP) is 3.50. The van der Waals surface area contributed by atoms with E-state index in [4.69, 9.17) is 4.98 Å². The van der Waals surface area contributed by atoms with E-state index in [-0.39, 0.29) is 5.56 Å². The summed E-state index contributed by atoms with van der Waals surface area (Å²) in [6, 6.07) is 16.4. The van der Waals surface area contributed by atoms with Crippen molar-refractivity contribution in [1.82, 2.24) is 29.0 Å². The van der Waals surface area contributed by atoms with Gasteiger partial charge in [0.1, 0.15) is 5.39 Å². The van der Waals surface area contributed by atoms with Gasteiger partial charge < -0.3 is 15.1 Å². The van der Waals surface area contributed by atoms with Gasteiger partial charge in [-0.05, 0) is 62.2 Å². The minimum Gasteiger partial charge on any atom is -0.369 e. The van der Waals surface area contributed by atoms with Gasteiger partial charge in [-0.3, -0.25) is 9.48 Å². The van der Waals surface area contributed by atoms with Gasteiger partial charge >= 0.3 is 0 Å². The highest BCUT2D eigenvalue weighted by Crippen LogP contribution is 2.32. The molecular weight excluding hydrogens is 452 g/mol. The number of hydrogen-bond donors (Lipinski definition) is 1. The largest absolute Gasteiger partial charge is 0.369 e.